The maximum atomic E-state index is 10.5. The fourth-order valence-electron chi connectivity index (χ4n) is 1.25. The Balaban J connectivity index is 2.83. The standard InChI is InChI=1S/C9H7ClN2O/c1-6-8(10)2-3-12-9(6)4-7(5-13)11-12/h2-5H,1H3. The minimum atomic E-state index is 0.422. The van der Waals surface area contributed by atoms with Gasteiger partial charge in [0.15, 0.2) is 6.29 Å². The molecule has 3 nitrogen and oxygen atoms in total. The second kappa shape index (κ2) is 2.85. The summed E-state index contributed by atoms with van der Waals surface area (Å²) in [6.07, 6.45) is 2.46. The fourth-order valence-corrected chi connectivity index (χ4v) is 1.40. The van der Waals surface area contributed by atoms with Crippen LogP contribution in [0.3, 0.4) is 0 Å². The molecule has 2 aromatic rings. The summed E-state index contributed by atoms with van der Waals surface area (Å²) in [5.41, 5.74) is 2.23. The second-order valence-corrected chi connectivity index (χ2v) is 3.21. The van der Waals surface area contributed by atoms with Crippen LogP contribution < -0.4 is 0 Å². The lowest BCUT2D eigenvalue weighted by Gasteiger charge is -1.98. The van der Waals surface area contributed by atoms with Crippen LogP contribution in [0.2, 0.25) is 5.02 Å². The van der Waals surface area contributed by atoms with Crippen molar-refractivity contribution in [3.8, 4) is 0 Å². The van der Waals surface area contributed by atoms with E-state index in [0.717, 1.165) is 17.4 Å². The molecule has 0 saturated carbocycles. The van der Waals surface area contributed by atoms with Gasteiger partial charge in [-0.2, -0.15) is 5.10 Å². The molecule has 2 heterocycles. The van der Waals surface area contributed by atoms with Crippen LogP contribution in [0.1, 0.15) is 16.1 Å². The van der Waals surface area contributed by atoms with Crippen molar-refractivity contribution in [2.24, 2.45) is 0 Å². The van der Waals surface area contributed by atoms with E-state index in [1.54, 1.807) is 22.8 Å². The van der Waals surface area contributed by atoms with Gasteiger partial charge >= 0.3 is 0 Å². The van der Waals surface area contributed by atoms with Gasteiger partial charge in [0, 0.05) is 11.2 Å². The molecule has 2 rings (SSSR count). The topological polar surface area (TPSA) is 34.4 Å². The van der Waals surface area contributed by atoms with E-state index in [2.05, 4.69) is 5.10 Å². The molecule has 13 heavy (non-hydrogen) atoms. The number of aryl methyl sites for hydroxylation is 1. The van der Waals surface area contributed by atoms with E-state index in [-0.39, 0.29) is 0 Å². The van der Waals surface area contributed by atoms with E-state index in [0.29, 0.717) is 10.7 Å². The van der Waals surface area contributed by atoms with Crippen LogP contribution in [0.25, 0.3) is 5.52 Å². The number of carbonyl (C=O) groups excluding carboxylic acids is 1. The molecular weight excluding hydrogens is 188 g/mol. The molecule has 0 aromatic carbocycles. The number of hydrogen-bond donors (Lipinski definition) is 0. The first-order valence-electron chi connectivity index (χ1n) is 3.82. The first-order chi connectivity index (χ1) is 6.22. The molecule has 0 aliphatic heterocycles. The van der Waals surface area contributed by atoms with Crippen molar-refractivity contribution >= 4 is 23.4 Å². The summed E-state index contributed by atoms with van der Waals surface area (Å²) in [6, 6.07) is 3.47. The van der Waals surface area contributed by atoms with Crippen LogP contribution >= 0.6 is 11.6 Å². The van der Waals surface area contributed by atoms with E-state index in [1.165, 1.54) is 0 Å². The molecular formula is C9H7ClN2O. The van der Waals surface area contributed by atoms with Gasteiger partial charge in [-0.15, -0.1) is 0 Å². The van der Waals surface area contributed by atoms with Gasteiger partial charge in [0.1, 0.15) is 5.69 Å². The minimum absolute atomic E-state index is 0.422. The Morgan fingerprint density at radius 1 is 1.62 bits per heavy atom. The summed E-state index contributed by atoms with van der Waals surface area (Å²) in [4.78, 5) is 10.5. The number of hydrogen-bond acceptors (Lipinski definition) is 2. The molecule has 0 saturated heterocycles. The zero-order chi connectivity index (χ0) is 9.42. The van der Waals surface area contributed by atoms with E-state index in [9.17, 15) is 4.79 Å². The predicted octanol–water partition coefficient (Wildman–Crippen LogP) is 2.11. The van der Waals surface area contributed by atoms with Gasteiger partial charge in [-0.1, -0.05) is 11.6 Å². The number of halogens is 1. The molecule has 66 valence electrons. The molecule has 2 aromatic heterocycles. The molecule has 0 bridgehead atoms. The Morgan fingerprint density at radius 3 is 3.08 bits per heavy atom. The Kier molecular flexibility index (Phi) is 1.81. The van der Waals surface area contributed by atoms with Crippen molar-refractivity contribution in [3.05, 3.63) is 34.6 Å². The van der Waals surface area contributed by atoms with E-state index < -0.39 is 0 Å². The van der Waals surface area contributed by atoms with E-state index in [1.807, 2.05) is 6.92 Å². The molecule has 0 N–H and O–H groups in total. The molecule has 4 heteroatoms. The van der Waals surface area contributed by atoms with Crippen LogP contribution in [-0.2, 0) is 0 Å². The van der Waals surface area contributed by atoms with Crippen molar-refractivity contribution in [1.82, 2.24) is 9.61 Å². The van der Waals surface area contributed by atoms with E-state index in [4.69, 9.17) is 11.6 Å². The average Bonchev–Trinajstić information content (AvgIpc) is 2.55. The Bertz CT molecular complexity index is 476. The second-order valence-electron chi connectivity index (χ2n) is 2.81. The largest absolute Gasteiger partial charge is 0.296 e. The maximum absolute atomic E-state index is 10.5. The Morgan fingerprint density at radius 2 is 2.38 bits per heavy atom. The Labute approximate surface area is 79.9 Å². The zero-order valence-corrected chi connectivity index (χ0v) is 7.75. The van der Waals surface area contributed by atoms with Crippen LogP contribution in [0.4, 0.5) is 0 Å². The van der Waals surface area contributed by atoms with Crippen molar-refractivity contribution in [2.75, 3.05) is 0 Å². The third-order valence-corrected chi connectivity index (χ3v) is 2.39. The maximum Gasteiger partial charge on any atom is 0.170 e. The number of nitrogens with zero attached hydrogens (tertiary/aromatic N) is 2. The van der Waals surface area contributed by atoms with Gasteiger partial charge in [-0.05, 0) is 24.6 Å². The smallest absolute Gasteiger partial charge is 0.170 e. The fraction of sp³-hybridized carbons (Fsp3) is 0.111. The number of aromatic nitrogens is 2. The third kappa shape index (κ3) is 1.21. The summed E-state index contributed by atoms with van der Waals surface area (Å²) >= 11 is 5.91. The first kappa shape index (κ1) is 8.26. The van der Waals surface area contributed by atoms with Gasteiger partial charge in [0.25, 0.3) is 0 Å². The third-order valence-electron chi connectivity index (χ3n) is 1.98. The highest BCUT2D eigenvalue weighted by Crippen LogP contribution is 2.19. The number of pyridine rings is 1. The highest BCUT2D eigenvalue weighted by atomic mass is 35.5. The lowest BCUT2D eigenvalue weighted by atomic mass is 10.2. The lowest BCUT2D eigenvalue weighted by Crippen LogP contribution is -1.89. The summed E-state index contributed by atoms with van der Waals surface area (Å²) in [6.45, 7) is 1.90. The molecule has 0 atom stereocenters. The van der Waals surface area contributed by atoms with Gasteiger partial charge in [0.05, 0.1) is 5.52 Å². The normalized spacial score (nSPS) is 10.6. The molecule has 0 aliphatic rings. The quantitative estimate of drug-likeness (QED) is 0.652. The monoisotopic (exact) mass is 194 g/mol. The average molecular weight is 195 g/mol. The molecule has 0 aliphatic carbocycles. The van der Waals surface area contributed by atoms with Crippen molar-refractivity contribution in [3.63, 3.8) is 0 Å². The summed E-state index contributed by atoms with van der Waals surface area (Å²) in [5, 5.41) is 4.71. The number of fused-ring (bicyclic) bond motifs is 1. The van der Waals surface area contributed by atoms with Crippen LogP contribution in [-0.4, -0.2) is 15.9 Å². The zero-order valence-electron chi connectivity index (χ0n) is 6.99. The van der Waals surface area contributed by atoms with Crippen LogP contribution in [0.5, 0.6) is 0 Å². The van der Waals surface area contributed by atoms with Gasteiger partial charge in [-0.25, -0.2) is 4.52 Å². The number of aldehydes is 1. The summed E-state index contributed by atoms with van der Waals surface area (Å²) < 4.78 is 1.64. The number of carbonyl (C=O) groups is 1. The first-order valence-corrected chi connectivity index (χ1v) is 4.20. The molecule has 0 spiro atoms. The molecule has 0 fully saturated rings. The van der Waals surface area contributed by atoms with Crippen LogP contribution in [0.15, 0.2) is 18.3 Å². The summed E-state index contributed by atoms with van der Waals surface area (Å²) in [7, 11) is 0. The van der Waals surface area contributed by atoms with Gasteiger partial charge in [0.2, 0.25) is 0 Å². The molecule has 0 radical (unpaired) electrons. The summed E-state index contributed by atoms with van der Waals surface area (Å²) in [5.74, 6) is 0. The SMILES string of the molecule is Cc1c(Cl)ccn2nc(C=O)cc12. The van der Waals surface area contributed by atoms with Crippen LogP contribution in [0, 0.1) is 6.92 Å². The minimum Gasteiger partial charge on any atom is -0.296 e. The van der Waals surface area contributed by atoms with Crippen molar-refractivity contribution in [1.29, 1.82) is 0 Å². The molecule has 0 amide bonds. The Hall–Kier alpha value is -1.35. The van der Waals surface area contributed by atoms with Crippen molar-refractivity contribution < 1.29 is 4.79 Å². The lowest BCUT2D eigenvalue weighted by molar-refractivity contribution is 0.111. The highest BCUT2D eigenvalue weighted by molar-refractivity contribution is 6.31. The van der Waals surface area contributed by atoms with Crippen molar-refractivity contribution in [2.45, 2.75) is 6.92 Å². The highest BCUT2D eigenvalue weighted by Gasteiger charge is 2.04. The van der Waals surface area contributed by atoms with E-state index >= 15 is 0 Å². The molecule has 0 unspecified atom stereocenters. The van der Waals surface area contributed by atoms with Gasteiger partial charge in [-0.3, -0.25) is 4.79 Å². The van der Waals surface area contributed by atoms with Gasteiger partial charge < -0.3 is 0 Å². The predicted molar refractivity (Wildman–Crippen MR) is 50.3 cm³/mol. The number of rotatable bonds is 1.